The van der Waals surface area contributed by atoms with Crippen molar-refractivity contribution in [3.8, 4) is 5.75 Å². The molecule has 114 valence electrons. The monoisotopic (exact) mass is 420 g/mol. The summed E-state index contributed by atoms with van der Waals surface area (Å²) in [6.45, 7) is 0. The summed E-state index contributed by atoms with van der Waals surface area (Å²) in [4.78, 5) is 12.0. The van der Waals surface area contributed by atoms with Crippen LogP contribution in [0.5, 0.6) is 5.75 Å². The number of hydrogen-bond acceptors (Lipinski definition) is 3. The maximum atomic E-state index is 12.0. The minimum Gasteiger partial charge on any atom is -0.506 e. The average Bonchev–Trinajstić information content (AvgIpc) is 2.46. The molecule has 22 heavy (non-hydrogen) atoms. The van der Waals surface area contributed by atoms with Crippen LogP contribution in [-0.2, 0) is 0 Å². The number of hydrogen-bond donors (Lipinski definition) is 2. The molecular weight excluding hydrogens is 414 g/mol. The summed E-state index contributed by atoms with van der Waals surface area (Å²) >= 11 is 20.8. The van der Waals surface area contributed by atoms with Gasteiger partial charge in [-0.15, -0.1) is 0 Å². The summed E-state index contributed by atoms with van der Waals surface area (Å²) in [6, 6.07) is 7.74. The second-order valence-corrected chi connectivity index (χ2v) is 6.32. The third-order valence-electron chi connectivity index (χ3n) is 2.60. The van der Waals surface area contributed by atoms with E-state index >= 15 is 0 Å². The quantitative estimate of drug-likeness (QED) is 0.547. The predicted molar refractivity (Wildman–Crippen MR) is 92.3 cm³/mol. The molecule has 0 aliphatic heterocycles. The number of carbonyl (C=O) groups is 1. The van der Waals surface area contributed by atoms with Crippen LogP contribution in [0.25, 0.3) is 0 Å². The highest BCUT2D eigenvalue weighted by atomic mass is 79.9. The second-order valence-electron chi connectivity index (χ2n) is 4.15. The van der Waals surface area contributed by atoms with Crippen molar-refractivity contribution in [2.24, 2.45) is 5.10 Å². The van der Waals surface area contributed by atoms with E-state index in [1.54, 1.807) is 18.2 Å². The first-order valence-electron chi connectivity index (χ1n) is 5.85. The number of hydrazone groups is 1. The van der Waals surface area contributed by atoms with E-state index < -0.39 is 5.91 Å². The number of halogens is 4. The molecular formula is C14H8BrCl3N2O2. The summed E-state index contributed by atoms with van der Waals surface area (Å²) in [7, 11) is 0. The van der Waals surface area contributed by atoms with E-state index in [-0.39, 0.29) is 21.9 Å². The van der Waals surface area contributed by atoms with Crippen molar-refractivity contribution in [1.29, 1.82) is 0 Å². The van der Waals surface area contributed by atoms with Gasteiger partial charge in [-0.1, -0.05) is 50.7 Å². The van der Waals surface area contributed by atoms with E-state index in [2.05, 4.69) is 26.5 Å². The Morgan fingerprint density at radius 1 is 1.18 bits per heavy atom. The number of rotatable bonds is 3. The smallest absolute Gasteiger partial charge is 0.272 e. The fourth-order valence-corrected chi connectivity index (χ4v) is 2.65. The van der Waals surface area contributed by atoms with E-state index in [4.69, 9.17) is 34.8 Å². The topological polar surface area (TPSA) is 61.7 Å². The Morgan fingerprint density at radius 2 is 1.91 bits per heavy atom. The zero-order valence-corrected chi connectivity index (χ0v) is 14.6. The van der Waals surface area contributed by atoms with Gasteiger partial charge in [-0.3, -0.25) is 4.79 Å². The first-order valence-corrected chi connectivity index (χ1v) is 7.77. The maximum absolute atomic E-state index is 12.0. The normalized spacial score (nSPS) is 10.9. The Kier molecular flexibility index (Phi) is 5.69. The third kappa shape index (κ3) is 4.14. The van der Waals surface area contributed by atoms with E-state index in [1.165, 1.54) is 18.3 Å². The third-order valence-corrected chi connectivity index (χ3v) is 3.93. The second kappa shape index (κ2) is 7.33. The molecule has 0 saturated carbocycles. The molecule has 0 saturated heterocycles. The molecule has 2 rings (SSSR count). The van der Waals surface area contributed by atoms with Crippen LogP contribution in [0.2, 0.25) is 15.1 Å². The van der Waals surface area contributed by atoms with Gasteiger partial charge in [0.25, 0.3) is 5.91 Å². The standard InChI is InChI=1S/C14H8BrCl3N2O2/c15-8-1-2-11(17)10(4-8)14(22)20-19-6-7-3-9(16)5-12(18)13(7)21/h1-6,21H,(H,20,22). The number of amides is 1. The minimum atomic E-state index is -0.491. The van der Waals surface area contributed by atoms with Crippen LogP contribution in [-0.4, -0.2) is 17.2 Å². The van der Waals surface area contributed by atoms with E-state index in [9.17, 15) is 9.90 Å². The first kappa shape index (κ1) is 17.1. The number of carbonyl (C=O) groups excluding carboxylic acids is 1. The van der Waals surface area contributed by atoms with Crippen LogP contribution in [0.15, 0.2) is 39.9 Å². The molecule has 0 atom stereocenters. The van der Waals surface area contributed by atoms with Crippen LogP contribution >= 0.6 is 50.7 Å². The van der Waals surface area contributed by atoms with Crippen molar-refractivity contribution in [2.75, 3.05) is 0 Å². The fourth-order valence-electron chi connectivity index (χ4n) is 1.58. The van der Waals surface area contributed by atoms with Crippen LogP contribution in [0.3, 0.4) is 0 Å². The molecule has 8 heteroatoms. The maximum Gasteiger partial charge on any atom is 0.272 e. The van der Waals surface area contributed by atoms with Crippen LogP contribution in [0.4, 0.5) is 0 Å². The lowest BCUT2D eigenvalue weighted by atomic mass is 10.2. The Morgan fingerprint density at radius 3 is 2.64 bits per heavy atom. The summed E-state index contributed by atoms with van der Waals surface area (Å²) in [6.07, 6.45) is 1.23. The van der Waals surface area contributed by atoms with Crippen LogP contribution in [0.1, 0.15) is 15.9 Å². The number of nitrogens with one attached hydrogen (secondary N) is 1. The first-order chi connectivity index (χ1) is 10.4. The van der Waals surface area contributed by atoms with Crippen LogP contribution in [0, 0.1) is 0 Å². The molecule has 0 fully saturated rings. The number of nitrogens with zero attached hydrogens (tertiary/aromatic N) is 1. The molecule has 0 unspecified atom stereocenters. The van der Waals surface area contributed by atoms with Gasteiger partial charge in [0.05, 0.1) is 21.8 Å². The van der Waals surface area contributed by atoms with Crippen molar-refractivity contribution >= 4 is 62.9 Å². The summed E-state index contributed by atoms with van der Waals surface area (Å²) in [5.41, 5.74) is 2.85. The Balaban J connectivity index is 2.16. The molecule has 2 aromatic carbocycles. The minimum absolute atomic E-state index is 0.0929. The highest BCUT2D eigenvalue weighted by Gasteiger charge is 2.10. The molecule has 0 radical (unpaired) electrons. The SMILES string of the molecule is O=C(NN=Cc1cc(Cl)cc(Cl)c1O)c1cc(Br)ccc1Cl. The summed E-state index contributed by atoms with van der Waals surface area (Å²) < 4.78 is 0.713. The highest BCUT2D eigenvalue weighted by Crippen LogP contribution is 2.30. The molecule has 0 spiro atoms. The van der Waals surface area contributed by atoms with Crippen molar-refractivity contribution < 1.29 is 9.90 Å². The van der Waals surface area contributed by atoms with Crippen molar-refractivity contribution in [2.45, 2.75) is 0 Å². The molecule has 0 bridgehead atoms. The lowest BCUT2D eigenvalue weighted by Crippen LogP contribution is -2.18. The van der Waals surface area contributed by atoms with Gasteiger partial charge in [0.1, 0.15) is 5.75 Å². The Hall–Kier alpha value is -1.27. The summed E-state index contributed by atoms with van der Waals surface area (Å²) in [5, 5.41) is 14.2. The van der Waals surface area contributed by atoms with E-state index in [0.29, 0.717) is 14.5 Å². The van der Waals surface area contributed by atoms with E-state index in [0.717, 1.165) is 0 Å². The predicted octanol–water partition coefficient (Wildman–Crippen LogP) is 4.88. The Labute approximate surface area is 149 Å². The zero-order valence-electron chi connectivity index (χ0n) is 10.8. The van der Waals surface area contributed by atoms with Gasteiger partial charge < -0.3 is 5.11 Å². The van der Waals surface area contributed by atoms with Gasteiger partial charge in [-0.25, -0.2) is 5.43 Å². The summed E-state index contributed by atoms with van der Waals surface area (Å²) in [5.74, 6) is -0.667. The van der Waals surface area contributed by atoms with Gasteiger partial charge in [-0.05, 0) is 30.3 Å². The molecule has 0 aliphatic carbocycles. The molecule has 2 aromatic rings. The van der Waals surface area contributed by atoms with Crippen LogP contribution < -0.4 is 5.43 Å². The van der Waals surface area contributed by atoms with Crippen molar-refractivity contribution in [1.82, 2.24) is 5.43 Å². The lowest BCUT2D eigenvalue weighted by Gasteiger charge is -2.04. The van der Waals surface area contributed by atoms with E-state index in [1.807, 2.05) is 0 Å². The van der Waals surface area contributed by atoms with Gasteiger partial charge in [0.15, 0.2) is 0 Å². The van der Waals surface area contributed by atoms with Crippen molar-refractivity contribution in [3.63, 3.8) is 0 Å². The number of phenolic OH excluding ortho intramolecular Hbond substituents is 1. The molecule has 2 N–H and O–H groups in total. The van der Waals surface area contributed by atoms with Gasteiger partial charge in [-0.2, -0.15) is 5.10 Å². The Bertz CT molecular complexity index is 766. The molecule has 1 amide bonds. The van der Waals surface area contributed by atoms with Crippen molar-refractivity contribution in [3.05, 3.63) is 61.0 Å². The largest absolute Gasteiger partial charge is 0.506 e. The van der Waals surface area contributed by atoms with Gasteiger partial charge in [0.2, 0.25) is 0 Å². The van der Waals surface area contributed by atoms with Gasteiger partial charge >= 0.3 is 0 Å². The lowest BCUT2D eigenvalue weighted by molar-refractivity contribution is 0.0955. The molecule has 4 nitrogen and oxygen atoms in total. The molecule has 0 aliphatic rings. The number of benzene rings is 2. The number of aromatic hydroxyl groups is 1. The zero-order chi connectivity index (χ0) is 16.3. The fraction of sp³-hybridized carbons (Fsp3) is 0. The molecule has 0 aromatic heterocycles. The van der Waals surface area contributed by atoms with Gasteiger partial charge in [0, 0.05) is 15.1 Å². The highest BCUT2D eigenvalue weighted by molar-refractivity contribution is 9.10. The molecule has 0 heterocycles. The number of phenols is 1. The average molecular weight is 422 g/mol.